The van der Waals surface area contributed by atoms with Crippen LogP contribution in [0, 0.1) is 11.6 Å². The van der Waals surface area contributed by atoms with Crippen molar-refractivity contribution in [1.82, 2.24) is 0 Å². The van der Waals surface area contributed by atoms with E-state index >= 15 is 0 Å². The highest BCUT2D eigenvalue weighted by Crippen LogP contribution is 2.32. The summed E-state index contributed by atoms with van der Waals surface area (Å²) in [6.45, 7) is 0.601. The van der Waals surface area contributed by atoms with Crippen molar-refractivity contribution in [2.75, 3.05) is 13.7 Å². The first-order chi connectivity index (χ1) is 10.2. The maximum absolute atomic E-state index is 13.2. The van der Waals surface area contributed by atoms with E-state index < -0.39 is 11.6 Å². The number of rotatable bonds is 6. The van der Waals surface area contributed by atoms with Crippen LogP contribution in [-0.4, -0.2) is 13.7 Å². The number of ether oxygens (including phenoxy) is 2. The molecule has 0 fully saturated rings. The fourth-order valence-corrected chi connectivity index (χ4v) is 2.02. The van der Waals surface area contributed by atoms with Crippen LogP contribution in [0.4, 0.5) is 8.78 Å². The quantitative estimate of drug-likeness (QED) is 0.890. The summed E-state index contributed by atoms with van der Waals surface area (Å²) in [6.07, 6.45) is 0.643. The Bertz CT molecular complexity index is 617. The zero-order valence-corrected chi connectivity index (χ0v) is 11.7. The maximum Gasteiger partial charge on any atom is 0.164 e. The maximum atomic E-state index is 13.2. The lowest BCUT2D eigenvalue weighted by molar-refractivity contribution is 0.280. The molecule has 2 aromatic rings. The van der Waals surface area contributed by atoms with Gasteiger partial charge in [0.2, 0.25) is 0 Å². The fourth-order valence-electron chi connectivity index (χ4n) is 2.02. The van der Waals surface area contributed by atoms with Crippen LogP contribution in [0.2, 0.25) is 0 Å². The summed E-state index contributed by atoms with van der Waals surface area (Å²) in [6, 6.07) is 9.21. The Morgan fingerprint density at radius 2 is 1.90 bits per heavy atom. The first-order valence-electron chi connectivity index (χ1n) is 6.58. The minimum Gasteiger partial charge on any atom is -0.493 e. The molecular formula is C16H17F2NO2. The van der Waals surface area contributed by atoms with Gasteiger partial charge in [-0.3, -0.25) is 0 Å². The van der Waals surface area contributed by atoms with Gasteiger partial charge < -0.3 is 15.2 Å². The van der Waals surface area contributed by atoms with Crippen LogP contribution in [0.1, 0.15) is 11.1 Å². The summed E-state index contributed by atoms with van der Waals surface area (Å²) in [5, 5.41) is 0. The van der Waals surface area contributed by atoms with Crippen LogP contribution in [0.5, 0.6) is 11.5 Å². The molecule has 0 atom stereocenters. The largest absolute Gasteiger partial charge is 0.493 e. The highest BCUT2D eigenvalue weighted by atomic mass is 19.2. The highest BCUT2D eigenvalue weighted by molar-refractivity contribution is 5.47. The van der Waals surface area contributed by atoms with Gasteiger partial charge >= 0.3 is 0 Å². The van der Waals surface area contributed by atoms with E-state index in [9.17, 15) is 8.78 Å². The van der Waals surface area contributed by atoms with Gasteiger partial charge in [-0.25, -0.2) is 8.78 Å². The number of methoxy groups -OCH3 is 1. The van der Waals surface area contributed by atoms with E-state index in [0.717, 1.165) is 17.7 Å². The monoisotopic (exact) mass is 293 g/mol. The van der Waals surface area contributed by atoms with Crippen molar-refractivity contribution >= 4 is 0 Å². The van der Waals surface area contributed by atoms with Gasteiger partial charge in [0.05, 0.1) is 7.11 Å². The first kappa shape index (κ1) is 15.3. The molecule has 112 valence electrons. The topological polar surface area (TPSA) is 44.5 Å². The van der Waals surface area contributed by atoms with Crippen molar-refractivity contribution in [1.29, 1.82) is 0 Å². The second kappa shape index (κ2) is 7.04. The highest BCUT2D eigenvalue weighted by Gasteiger charge is 2.11. The van der Waals surface area contributed by atoms with Crippen molar-refractivity contribution in [3.8, 4) is 11.5 Å². The Hall–Kier alpha value is -2.14. The summed E-state index contributed by atoms with van der Waals surface area (Å²) in [5.74, 6) is -0.600. The standard InChI is InChI=1S/C16H17F2NO2/c1-20-15-4-2-3-12(7-8-19)16(15)21-10-11-5-6-13(17)14(18)9-11/h2-6,9H,7-8,10,19H2,1H3. The lowest BCUT2D eigenvalue weighted by atomic mass is 10.1. The predicted octanol–water partition coefficient (Wildman–Crippen LogP) is 3.05. The first-order valence-corrected chi connectivity index (χ1v) is 6.58. The number of para-hydroxylation sites is 1. The Balaban J connectivity index is 2.20. The molecule has 0 saturated carbocycles. The molecule has 0 saturated heterocycles. The Labute approximate surface area is 122 Å². The summed E-state index contributed by atoms with van der Waals surface area (Å²) in [5.41, 5.74) is 7.03. The molecule has 0 bridgehead atoms. The average Bonchev–Trinajstić information content (AvgIpc) is 2.49. The normalized spacial score (nSPS) is 10.5. The average molecular weight is 293 g/mol. The van der Waals surface area contributed by atoms with Gasteiger partial charge in [-0.15, -0.1) is 0 Å². The zero-order chi connectivity index (χ0) is 15.2. The number of halogens is 2. The summed E-state index contributed by atoms with van der Waals surface area (Å²) in [7, 11) is 1.55. The van der Waals surface area contributed by atoms with Gasteiger partial charge in [0.1, 0.15) is 6.61 Å². The van der Waals surface area contributed by atoms with Gasteiger partial charge in [-0.1, -0.05) is 18.2 Å². The van der Waals surface area contributed by atoms with Gasteiger partial charge in [-0.05, 0) is 42.3 Å². The number of hydrogen-bond acceptors (Lipinski definition) is 3. The van der Waals surface area contributed by atoms with Crippen LogP contribution in [0.25, 0.3) is 0 Å². The molecule has 0 radical (unpaired) electrons. The molecule has 2 aromatic carbocycles. The van der Waals surface area contributed by atoms with E-state index in [2.05, 4.69) is 0 Å². The smallest absolute Gasteiger partial charge is 0.164 e. The van der Waals surface area contributed by atoms with Gasteiger partial charge in [-0.2, -0.15) is 0 Å². The van der Waals surface area contributed by atoms with Gasteiger partial charge in [0, 0.05) is 0 Å². The molecule has 2 rings (SSSR count). The summed E-state index contributed by atoms with van der Waals surface area (Å²) >= 11 is 0. The van der Waals surface area contributed by atoms with Crippen molar-refractivity contribution in [3.05, 3.63) is 59.2 Å². The fraction of sp³-hybridized carbons (Fsp3) is 0.250. The van der Waals surface area contributed by atoms with Crippen LogP contribution in [-0.2, 0) is 13.0 Å². The van der Waals surface area contributed by atoms with E-state index in [4.69, 9.17) is 15.2 Å². The van der Waals surface area contributed by atoms with E-state index in [0.29, 0.717) is 30.0 Å². The van der Waals surface area contributed by atoms with Crippen LogP contribution in [0.3, 0.4) is 0 Å². The van der Waals surface area contributed by atoms with Crippen LogP contribution in [0.15, 0.2) is 36.4 Å². The van der Waals surface area contributed by atoms with E-state index in [-0.39, 0.29) is 6.61 Å². The van der Waals surface area contributed by atoms with Crippen molar-refractivity contribution in [2.24, 2.45) is 5.73 Å². The Morgan fingerprint density at radius 1 is 1.10 bits per heavy atom. The number of nitrogens with two attached hydrogens (primary N) is 1. The number of hydrogen-bond donors (Lipinski definition) is 1. The van der Waals surface area contributed by atoms with Crippen molar-refractivity contribution in [3.63, 3.8) is 0 Å². The number of benzene rings is 2. The SMILES string of the molecule is COc1cccc(CCN)c1OCc1ccc(F)c(F)c1. The summed E-state index contributed by atoms with van der Waals surface area (Å²) in [4.78, 5) is 0. The van der Waals surface area contributed by atoms with Crippen molar-refractivity contribution < 1.29 is 18.3 Å². The third-order valence-electron chi connectivity index (χ3n) is 3.06. The molecule has 0 aromatic heterocycles. The third kappa shape index (κ3) is 3.70. The Morgan fingerprint density at radius 3 is 2.57 bits per heavy atom. The molecule has 3 nitrogen and oxygen atoms in total. The van der Waals surface area contributed by atoms with E-state index in [1.54, 1.807) is 13.2 Å². The summed E-state index contributed by atoms with van der Waals surface area (Å²) < 4.78 is 37.1. The van der Waals surface area contributed by atoms with Crippen LogP contribution >= 0.6 is 0 Å². The lowest BCUT2D eigenvalue weighted by Crippen LogP contribution is -2.06. The second-order valence-corrected chi connectivity index (χ2v) is 4.52. The molecule has 21 heavy (non-hydrogen) atoms. The molecular weight excluding hydrogens is 276 g/mol. The van der Waals surface area contributed by atoms with E-state index in [1.807, 2.05) is 12.1 Å². The molecule has 0 unspecified atom stereocenters. The second-order valence-electron chi connectivity index (χ2n) is 4.52. The molecule has 0 heterocycles. The minimum absolute atomic E-state index is 0.120. The minimum atomic E-state index is -0.890. The molecule has 0 amide bonds. The molecule has 0 aliphatic carbocycles. The lowest BCUT2D eigenvalue weighted by Gasteiger charge is -2.15. The molecule has 0 aliphatic heterocycles. The Kier molecular flexibility index (Phi) is 5.11. The van der Waals surface area contributed by atoms with Gasteiger partial charge in [0.15, 0.2) is 23.1 Å². The molecule has 0 aliphatic rings. The predicted molar refractivity (Wildman–Crippen MR) is 76.4 cm³/mol. The van der Waals surface area contributed by atoms with Crippen molar-refractivity contribution in [2.45, 2.75) is 13.0 Å². The van der Waals surface area contributed by atoms with E-state index in [1.165, 1.54) is 6.07 Å². The van der Waals surface area contributed by atoms with Crippen LogP contribution < -0.4 is 15.2 Å². The molecule has 0 spiro atoms. The third-order valence-corrected chi connectivity index (χ3v) is 3.06. The van der Waals surface area contributed by atoms with Gasteiger partial charge in [0.25, 0.3) is 0 Å². The molecule has 5 heteroatoms. The molecule has 2 N–H and O–H groups in total. The zero-order valence-electron chi connectivity index (χ0n) is 11.7.